The van der Waals surface area contributed by atoms with Gasteiger partial charge >= 0.3 is 6.61 Å². The molecule has 0 fully saturated rings. The number of nitrogens with zero attached hydrogens (tertiary/aromatic N) is 1. The standard InChI is InChI=1S/C18H21F2N3O3.HI/c1-11-4-6-15(26-17(19)20)12(8-11)10-22-18(21)23-14-9-13(24-2)5-7-16(14)25-3;/h4-9,17H,10H2,1-3H3,(H3,21,22,23);1H. The Balaban J connectivity index is 0.00000364. The van der Waals surface area contributed by atoms with Gasteiger partial charge in [-0.2, -0.15) is 8.78 Å². The molecule has 0 amide bonds. The first-order valence-electron chi connectivity index (χ1n) is 7.76. The molecule has 0 unspecified atom stereocenters. The molecule has 0 aliphatic carbocycles. The van der Waals surface area contributed by atoms with Crippen LogP contribution in [0.3, 0.4) is 0 Å². The molecular weight excluding hydrogens is 471 g/mol. The van der Waals surface area contributed by atoms with Crippen molar-refractivity contribution < 1.29 is 23.0 Å². The van der Waals surface area contributed by atoms with Crippen LogP contribution < -0.4 is 25.3 Å². The average molecular weight is 493 g/mol. The molecule has 0 atom stereocenters. The van der Waals surface area contributed by atoms with E-state index in [1.165, 1.54) is 13.2 Å². The van der Waals surface area contributed by atoms with Crippen molar-refractivity contribution in [2.75, 3.05) is 19.5 Å². The van der Waals surface area contributed by atoms with Gasteiger partial charge in [0.1, 0.15) is 17.2 Å². The van der Waals surface area contributed by atoms with Crippen molar-refractivity contribution in [1.82, 2.24) is 0 Å². The first-order valence-corrected chi connectivity index (χ1v) is 7.76. The normalized spacial score (nSPS) is 11.0. The van der Waals surface area contributed by atoms with Gasteiger partial charge in [0.05, 0.1) is 26.5 Å². The van der Waals surface area contributed by atoms with Crippen LogP contribution in [-0.2, 0) is 6.54 Å². The highest BCUT2D eigenvalue weighted by molar-refractivity contribution is 14.0. The molecule has 0 aliphatic rings. The number of anilines is 1. The van der Waals surface area contributed by atoms with E-state index in [-0.39, 0.29) is 42.2 Å². The lowest BCUT2D eigenvalue weighted by atomic mass is 10.1. The highest BCUT2D eigenvalue weighted by Crippen LogP contribution is 2.29. The average Bonchev–Trinajstić information content (AvgIpc) is 2.61. The summed E-state index contributed by atoms with van der Waals surface area (Å²) in [5, 5.41) is 2.92. The molecule has 2 aromatic rings. The van der Waals surface area contributed by atoms with Crippen LogP contribution in [-0.4, -0.2) is 26.8 Å². The number of alkyl halides is 2. The van der Waals surface area contributed by atoms with E-state index in [1.54, 1.807) is 37.4 Å². The van der Waals surface area contributed by atoms with E-state index in [0.717, 1.165) is 5.56 Å². The first-order chi connectivity index (χ1) is 12.4. The molecule has 9 heteroatoms. The maximum atomic E-state index is 12.5. The van der Waals surface area contributed by atoms with Gasteiger partial charge in [-0.05, 0) is 25.1 Å². The number of ether oxygens (including phenoxy) is 3. The summed E-state index contributed by atoms with van der Waals surface area (Å²) in [7, 11) is 3.08. The number of aliphatic imine (C=N–C) groups is 1. The molecule has 6 nitrogen and oxygen atoms in total. The van der Waals surface area contributed by atoms with Gasteiger partial charge in [0.15, 0.2) is 5.96 Å². The number of halogens is 3. The van der Waals surface area contributed by atoms with Crippen LogP contribution in [0.5, 0.6) is 17.2 Å². The van der Waals surface area contributed by atoms with Crippen LogP contribution >= 0.6 is 24.0 Å². The number of nitrogens with two attached hydrogens (primary N) is 1. The molecule has 2 rings (SSSR count). The van der Waals surface area contributed by atoms with Crippen molar-refractivity contribution in [1.29, 1.82) is 0 Å². The molecule has 0 heterocycles. The Morgan fingerprint density at radius 3 is 2.44 bits per heavy atom. The van der Waals surface area contributed by atoms with E-state index in [9.17, 15) is 8.78 Å². The Kier molecular flexibility index (Phi) is 9.06. The van der Waals surface area contributed by atoms with E-state index in [2.05, 4.69) is 15.0 Å². The summed E-state index contributed by atoms with van der Waals surface area (Å²) in [6.07, 6.45) is 0. The highest BCUT2D eigenvalue weighted by Gasteiger charge is 2.10. The third-order valence-electron chi connectivity index (χ3n) is 3.52. The van der Waals surface area contributed by atoms with Gasteiger partial charge in [-0.1, -0.05) is 17.7 Å². The second-order valence-corrected chi connectivity index (χ2v) is 5.38. The first kappa shape index (κ1) is 22.7. The van der Waals surface area contributed by atoms with Crippen LogP contribution in [0.1, 0.15) is 11.1 Å². The minimum atomic E-state index is -2.91. The third-order valence-corrected chi connectivity index (χ3v) is 3.52. The monoisotopic (exact) mass is 493 g/mol. The molecule has 0 radical (unpaired) electrons. The molecule has 3 N–H and O–H groups in total. The second kappa shape index (κ2) is 10.8. The van der Waals surface area contributed by atoms with Crippen molar-refractivity contribution in [2.24, 2.45) is 10.7 Å². The molecule has 0 spiro atoms. The van der Waals surface area contributed by atoms with Gasteiger partial charge in [0.25, 0.3) is 0 Å². The Hall–Kier alpha value is -2.30. The van der Waals surface area contributed by atoms with Crippen LogP contribution in [0.4, 0.5) is 14.5 Å². The molecule has 0 bridgehead atoms. The predicted octanol–water partition coefficient (Wildman–Crippen LogP) is 4.16. The van der Waals surface area contributed by atoms with Crippen molar-refractivity contribution in [3.63, 3.8) is 0 Å². The maximum absolute atomic E-state index is 12.5. The summed E-state index contributed by atoms with van der Waals surface area (Å²) in [5.74, 6) is 1.34. The number of methoxy groups -OCH3 is 2. The molecule has 0 aromatic heterocycles. The summed E-state index contributed by atoms with van der Waals surface area (Å²) in [6.45, 7) is -0.978. The number of aryl methyl sites for hydroxylation is 1. The summed E-state index contributed by atoms with van der Waals surface area (Å²) >= 11 is 0. The number of nitrogens with one attached hydrogen (secondary N) is 1. The Morgan fingerprint density at radius 1 is 1.11 bits per heavy atom. The number of guanidine groups is 1. The van der Waals surface area contributed by atoms with E-state index in [4.69, 9.17) is 15.2 Å². The van der Waals surface area contributed by atoms with E-state index in [1.807, 2.05) is 6.92 Å². The predicted molar refractivity (Wildman–Crippen MR) is 112 cm³/mol. The summed E-state index contributed by atoms with van der Waals surface area (Å²) < 4.78 is 40.0. The Labute approximate surface area is 173 Å². The van der Waals surface area contributed by atoms with Gasteiger partial charge in [-0.15, -0.1) is 24.0 Å². The summed E-state index contributed by atoms with van der Waals surface area (Å²) in [6, 6.07) is 10.1. The Bertz CT molecular complexity index is 788. The quantitative estimate of drug-likeness (QED) is 0.344. The Morgan fingerprint density at radius 2 is 1.81 bits per heavy atom. The minimum absolute atomic E-state index is 0. The molecule has 0 saturated carbocycles. The largest absolute Gasteiger partial charge is 0.497 e. The summed E-state index contributed by atoms with van der Waals surface area (Å²) in [4.78, 5) is 4.19. The van der Waals surface area contributed by atoms with Crippen LogP contribution in [0.15, 0.2) is 41.4 Å². The number of rotatable bonds is 7. The SMILES string of the molecule is COc1ccc(OC)c(NC(N)=NCc2cc(C)ccc2OC(F)F)c1.I. The molecule has 2 aromatic carbocycles. The van der Waals surface area contributed by atoms with Gasteiger partial charge in [0, 0.05) is 11.6 Å². The third kappa shape index (κ3) is 6.74. The second-order valence-electron chi connectivity index (χ2n) is 5.38. The molecule has 0 saturated heterocycles. The van der Waals surface area contributed by atoms with Gasteiger partial charge < -0.3 is 25.3 Å². The van der Waals surface area contributed by atoms with E-state index in [0.29, 0.717) is 22.7 Å². The number of benzene rings is 2. The summed E-state index contributed by atoms with van der Waals surface area (Å²) in [5.41, 5.74) is 7.89. The van der Waals surface area contributed by atoms with E-state index < -0.39 is 6.61 Å². The smallest absolute Gasteiger partial charge is 0.387 e. The topological polar surface area (TPSA) is 78.1 Å². The molecule has 0 aliphatic heterocycles. The lowest BCUT2D eigenvalue weighted by Crippen LogP contribution is -2.23. The zero-order valence-electron chi connectivity index (χ0n) is 15.2. The van der Waals surface area contributed by atoms with Gasteiger partial charge in [0.2, 0.25) is 0 Å². The number of hydrogen-bond acceptors (Lipinski definition) is 4. The van der Waals surface area contributed by atoms with Gasteiger partial charge in [-0.25, -0.2) is 4.99 Å². The maximum Gasteiger partial charge on any atom is 0.387 e. The van der Waals surface area contributed by atoms with Crippen molar-refractivity contribution >= 4 is 35.6 Å². The van der Waals surface area contributed by atoms with Crippen LogP contribution in [0.25, 0.3) is 0 Å². The fourth-order valence-corrected chi connectivity index (χ4v) is 2.30. The zero-order chi connectivity index (χ0) is 19.1. The molecule has 148 valence electrons. The minimum Gasteiger partial charge on any atom is -0.497 e. The van der Waals surface area contributed by atoms with Crippen molar-refractivity contribution in [3.8, 4) is 17.2 Å². The fourth-order valence-electron chi connectivity index (χ4n) is 2.30. The van der Waals surface area contributed by atoms with E-state index >= 15 is 0 Å². The fraction of sp³-hybridized carbons (Fsp3) is 0.278. The van der Waals surface area contributed by atoms with Gasteiger partial charge in [-0.3, -0.25) is 0 Å². The number of hydrogen-bond donors (Lipinski definition) is 2. The highest BCUT2D eigenvalue weighted by atomic mass is 127. The molecule has 27 heavy (non-hydrogen) atoms. The van der Waals surface area contributed by atoms with Crippen LogP contribution in [0.2, 0.25) is 0 Å². The van der Waals surface area contributed by atoms with Crippen LogP contribution in [0, 0.1) is 6.92 Å². The van der Waals surface area contributed by atoms with Crippen molar-refractivity contribution in [3.05, 3.63) is 47.5 Å². The lowest BCUT2D eigenvalue weighted by molar-refractivity contribution is -0.0504. The lowest BCUT2D eigenvalue weighted by Gasteiger charge is -2.13. The zero-order valence-corrected chi connectivity index (χ0v) is 17.5. The van der Waals surface area contributed by atoms with Crippen molar-refractivity contribution in [2.45, 2.75) is 20.1 Å². The molecular formula is C18H22F2IN3O3.